The number of hydrogen-bond donors (Lipinski definition) is 1. The fraction of sp³-hybridized carbons (Fsp3) is 0.562. The summed E-state index contributed by atoms with van der Waals surface area (Å²) < 4.78 is 22.9. The molecule has 0 heterocycles. The van der Waals surface area contributed by atoms with Gasteiger partial charge in [-0.25, -0.2) is 8.42 Å². The molecule has 122 valence electrons. The molecular weight excluding hydrogens is 300 g/mol. The van der Waals surface area contributed by atoms with Gasteiger partial charge < -0.3 is 10.2 Å². The second-order valence-corrected chi connectivity index (χ2v) is 8.21. The monoisotopic (exact) mass is 324 g/mol. The zero-order valence-electron chi connectivity index (χ0n) is 13.4. The van der Waals surface area contributed by atoms with Gasteiger partial charge in [-0.3, -0.25) is 4.79 Å². The quantitative estimate of drug-likeness (QED) is 0.915. The Hall–Kier alpha value is -1.40. The molecular formula is C16H24N2O3S. The first-order valence-electron chi connectivity index (χ1n) is 7.56. The number of amides is 1. The second-order valence-electron chi connectivity index (χ2n) is 6.19. The van der Waals surface area contributed by atoms with Crippen LogP contribution in [0.15, 0.2) is 29.2 Å². The van der Waals surface area contributed by atoms with Crippen molar-refractivity contribution in [2.75, 3.05) is 20.4 Å². The Morgan fingerprint density at radius 2 is 1.73 bits per heavy atom. The highest BCUT2D eigenvalue weighted by atomic mass is 32.2. The molecule has 0 saturated heterocycles. The standard InChI is InChI=1S/C16H24N2O3S/c1-18(2)15-7-5-4-6-14(15)17-16(19)12-8-10-13(11-9-12)22(3,20)21/h8-11,14-15H,4-7H2,1-3H3,(H,17,19). The Morgan fingerprint density at radius 3 is 2.27 bits per heavy atom. The van der Waals surface area contributed by atoms with E-state index in [-0.39, 0.29) is 16.8 Å². The van der Waals surface area contributed by atoms with Crippen LogP contribution in [0.25, 0.3) is 0 Å². The minimum Gasteiger partial charge on any atom is -0.348 e. The average Bonchev–Trinajstić information content (AvgIpc) is 2.46. The highest BCUT2D eigenvalue weighted by Gasteiger charge is 2.28. The Morgan fingerprint density at radius 1 is 1.14 bits per heavy atom. The zero-order chi connectivity index (χ0) is 16.3. The van der Waals surface area contributed by atoms with Crippen molar-refractivity contribution < 1.29 is 13.2 Å². The van der Waals surface area contributed by atoms with Gasteiger partial charge in [0.25, 0.3) is 5.91 Å². The van der Waals surface area contributed by atoms with Gasteiger partial charge in [0.2, 0.25) is 0 Å². The summed E-state index contributed by atoms with van der Waals surface area (Å²) in [4.78, 5) is 14.8. The van der Waals surface area contributed by atoms with Crippen LogP contribution < -0.4 is 5.32 Å². The largest absolute Gasteiger partial charge is 0.348 e. The summed E-state index contributed by atoms with van der Waals surface area (Å²) in [6, 6.07) is 6.60. The number of nitrogens with zero attached hydrogens (tertiary/aromatic N) is 1. The van der Waals surface area contributed by atoms with E-state index in [1.807, 2.05) is 14.1 Å². The van der Waals surface area contributed by atoms with Crippen LogP contribution in [0.1, 0.15) is 36.0 Å². The molecule has 0 spiro atoms. The lowest BCUT2D eigenvalue weighted by atomic mass is 9.89. The van der Waals surface area contributed by atoms with Gasteiger partial charge in [0.05, 0.1) is 4.90 Å². The molecule has 1 aromatic rings. The first-order valence-corrected chi connectivity index (χ1v) is 9.45. The summed E-state index contributed by atoms with van der Waals surface area (Å²) in [6.07, 6.45) is 5.55. The third kappa shape index (κ3) is 4.08. The van der Waals surface area contributed by atoms with Crippen molar-refractivity contribution >= 4 is 15.7 Å². The van der Waals surface area contributed by atoms with Crippen molar-refractivity contribution in [1.29, 1.82) is 0 Å². The molecule has 1 aliphatic carbocycles. The maximum atomic E-state index is 12.4. The highest BCUT2D eigenvalue weighted by Crippen LogP contribution is 2.22. The van der Waals surface area contributed by atoms with Gasteiger partial charge in [0.1, 0.15) is 0 Å². The van der Waals surface area contributed by atoms with Gasteiger partial charge in [-0.2, -0.15) is 0 Å². The lowest BCUT2D eigenvalue weighted by molar-refractivity contribution is 0.0882. The van der Waals surface area contributed by atoms with E-state index in [0.29, 0.717) is 11.6 Å². The van der Waals surface area contributed by atoms with Crippen LogP contribution in [0.2, 0.25) is 0 Å². The van der Waals surface area contributed by atoms with Crippen molar-refractivity contribution in [1.82, 2.24) is 10.2 Å². The molecule has 2 rings (SSSR count). The van der Waals surface area contributed by atoms with E-state index < -0.39 is 9.84 Å². The van der Waals surface area contributed by atoms with Crippen LogP contribution in [-0.4, -0.2) is 51.7 Å². The number of hydrogen-bond acceptors (Lipinski definition) is 4. The molecule has 0 aliphatic heterocycles. The molecule has 5 nitrogen and oxygen atoms in total. The Bertz CT molecular complexity index is 623. The zero-order valence-corrected chi connectivity index (χ0v) is 14.2. The van der Waals surface area contributed by atoms with E-state index in [2.05, 4.69) is 10.2 Å². The summed E-state index contributed by atoms with van der Waals surface area (Å²) >= 11 is 0. The van der Waals surface area contributed by atoms with Crippen molar-refractivity contribution in [2.24, 2.45) is 0 Å². The molecule has 0 radical (unpaired) electrons. The normalized spacial score (nSPS) is 22.5. The number of likely N-dealkylation sites (N-methyl/N-ethyl adjacent to an activating group) is 1. The molecule has 1 aliphatic rings. The number of carbonyl (C=O) groups excluding carboxylic acids is 1. The van der Waals surface area contributed by atoms with Gasteiger partial charge in [0, 0.05) is 23.9 Å². The van der Waals surface area contributed by atoms with Gasteiger partial charge in [0.15, 0.2) is 9.84 Å². The maximum absolute atomic E-state index is 12.4. The Balaban J connectivity index is 2.08. The first-order chi connectivity index (χ1) is 10.3. The molecule has 1 amide bonds. The van der Waals surface area contributed by atoms with E-state index in [1.165, 1.54) is 18.6 Å². The minimum absolute atomic E-state index is 0.140. The van der Waals surface area contributed by atoms with Crippen LogP contribution >= 0.6 is 0 Å². The molecule has 1 saturated carbocycles. The smallest absolute Gasteiger partial charge is 0.251 e. The molecule has 6 heteroatoms. The Labute approximate surface area is 132 Å². The van der Waals surface area contributed by atoms with Gasteiger partial charge in [-0.15, -0.1) is 0 Å². The molecule has 22 heavy (non-hydrogen) atoms. The number of rotatable bonds is 4. The lowest BCUT2D eigenvalue weighted by Crippen LogP contribution is -2.51. The minimum atomic E-state index is -3.23. The van der Waals surface area contributed by atoms with Gasteiger partial charge >= 0.3 is 0 Å². The first kappa shape index (κ1) is 17.0. The predicted molar refractivity (Wildman–Crippen MR) is 86.7 cm³/mol. The molecule has 1 N–H and O–H groups in total. The van der Waals surface area contributed by atoms with Crippen LogP contribution in [0.3, 0.4) is 0 Å². The van der Waals surface area contributed by atoms with Crippen LogP contribution in [0.5, 0.6) is 0 Å². The molecule has 2 unspecified atom stereocenters. The summed E-state index contributed by atoms with van der Waals surface area (Å²) in [5.41, 5.74) is 0.496. The summed E-state index contributed by atoms with van der Waals surface area (Å²) in [6.45, 7) is 0. The molecule has 0 bridgehead atoms. The van der Waals surface area contributed by atoms with Crippen molar-refractivity contribution in [3.8, 4) is 0 Å². The van der Waals surface area contributed by atoms with E-state index in [0.717, 1.165) is 25.5 Å². The van der Waals surface area contributed by atoms with E-state index in [9.17, 15) is 13.2 Å². The summed E-state index contributed by atoms with van der Waals surface area (Å²) in [5, 5.41) is 3.09. The van der Waals surface area contributed by atoms with Crippen molar-refractivity contribution in [2.45, 2.75) is 42.7 Å². The topological polar surface area (TPSA) is 66.5 Å². The average molecular weight is 324 g/mol. The third-order valence-electron chi connectivity index (χ3n) is 4.25. The molecule has 1 fully saturated rings. The summed E-state index contributed by atoms with van der Waals surface area (Å²) in [5.74, 6) is -0.140. The predicted octanol–water partition coefficient (Wildman–Crippen LogP) is 1.69. The second kappa shape index (κ2) is 6.79. The number of nitrogens with one attached hydrogen (secondary N) is 1. The van der Waals surface area contributed by atoms with E-state index >= 15 is 0 Å². The van der Waals surface area contributed by atoms with Crippen molar-refractivity contribution in [3.63, 3.8) is 0 Å². The number of benzene rings is 1. The SMILES string of the molecule is CN(C)C1CCCCC1NC(=O)c1ccc(S(C)(=O)=O)cc1. The molecule has 1 aromatic carbocycles. The van der Waals surface area contributed by atoms with Crippen LogP contribution in [0, 0.1) is 0 Å². The van der Waals surface area contributed by atoms with Crippen molar-refractivity contribution in [3.05, 3.63) is 29.8 Å². The van der Waals surface area contributed by atoms with Gasteiger partial charge in [-0.05, 0) is 51.2 Å². The highest BCUT2D eigenvalue weighted by molar-refractivity contribution is 7.90. The third-order valence-corrected chi connectivity index (χ3v) is 5.38. The molecule has 0 aromatic heterocycles. The van der Waals surface area contributed by atoms with E-state index in [4.69, 9.17) is 0 Å². The lowest BCUT2D eigenvalue weighted by Gasteiger charge is -2.36. The van der Waals surface area contributed by atoms with Crippen LogP contribution in [0.4, 0.5) is 0 Å². The van der Waals surface area contributed by atoms with Crippen LogP contribution in [-0.2, 0) is 9.84 Å². The maximum Gasteiger partial charge on any atom is 0.251 e. The number of sulfone groups is 1. The number of carbonyl (C=O) groups is 1. The fourth-order valence-electron chi connectivity index (χ4n) is 3.00. The Kier molecular flexibility index (Phi) is 5.24. The fourth-order valence-corrected chi connectivity index (χ4v) is 3.63. The summed E-state index contributed by atoms with van der Waals surface area (Å²) in [7, 11) is 0.845. The van der Waals surface area contributed by atoms with Gasteiger partial charge in [-0.1, -0.05) is 12.8 Å². The molecule has 2 atom stereocenters. The van der Waals surface area contributed by atoms with E-state index in [1.54, 1.807) is 12.1 Å².